The van der Waals surface area contributed by atoms with Crippen LogP contribution in [0.25, 0.3) is 0 Å². The van der Waals surface area contributed by atoms with E-state index in [0.717, 1.165) is 38.3 Å². The van der Waals surface area contributed by atoms with E-state index >= 15 is 0 Å². The Morgan fingerprint density at radius 2 is 1.63 bits per heavy atom. The van der Waals surface area contributed by atoms with E-state index < -0.39 is 0 Å². The maximum absolute atomic E-state index is 5.35. The van der Waals surface area contributed by atoms with E-state index in [1.54, 1.807) is 0 Å². The number of nitrogens with two attached hydrogens (primary N) is 2. The average molecular weight is 478 g/mol. The number of benzene rings is 2. The van der Waals surface area contributed by atoms with Gasteiger partial charge in [0, 0.05) is 37.6 Å². The van der Waals surface area contributed by atoms with Gasteiger partial charge in [0.2, 0.25) is 0 Å². The lowest BCUT2D eigenvalue weighted by molar-refractivity contribution is 0.294. The van der Waals surface area contributed by atoms with E-state index in [2.05, 4.69) is 84.9 Å². The Labute approximate surface area is 214 Å². The summed E-state index contributed by atoms with van der Waals surface area (Å²) < 4.78 is 0. The van der Waals surface area contributed by atoms with Crippen molar-refractivity contribution in [2.75, 3.05) is 26.7 Å². The van der Waals surface area contributed by atoms with E-state index in [4.69, 9.17) is 5.73 Å². The molecule has 1 unspecified atom stereocenters. The second-order valence-corrected chi connectivity index (χ2v) is 8.76. The molecule has 5 nitrogen and oxygen atoms in total. The third kappa shape index (κ3) is 12.3. The van der Waals surface area contributed by atoms with Crippen LogP contribution in [0.2, 0.25) is 0 Å². The lowest BCUT2D eigenvalue weighted by atomic mass is 10.1. The zero-order valence-electron chi connectivity index (χ0n) is 22.0. The van der Waals surface area contributed by atoms with Gasteiger partial charge in [0.1, 0.15) is 0 Å². The molecule has 5 heteroatoms. The van der Waals surface area contributed by atoms with Gasteiger partial charge in [-0.3, -0.25) is 0 Å². The van der Waals surface area contributed by atoms with Gasteiger partial charge in [0.05, 0.1) is 6.04 Å². The number of hydrogen-bond donors (Lipinski definition) is 3. The maximum atomic E-state index is 5.35. The monoisotopic (exact) mass is 477 g/mol. The Bertz CT molecular complexity index is 834. The highest BCUT2D eigenvalue weighted by molar-refractivity contribution is 5.18. The van der Waals surface area contributed by atoms with Gasteiger partial charge in [-0.05, 0) is 56.6 Å². The van der Waals surface area contributed by atoms with Crippen LogP contribution in [0.4, 0.5) is 0 Å². The molecular weight excluding hydrogens is 430 g/mol. The first-order valence-corrected chi connectivity index (χ1v) is 12.6. The fourth-order valence-electron chi connectivity index (χ4n) is 4.01. The number of nitrogens with zero attached hydrogens (tertiary/aromatic N) is 2. The molecule has 0 amide bonds. The molecule has 0 spiro atoms. The first kappa shape index (κ1) is 30.0. The van der Waals surface area contributed by atoms with Gasteiger partial charge in [0.25, 0.3) is 0 Å². The Balaban J connectivity index is 0.000000461. The topological polar surface area (TPSA) is 70.5 Å². The lowest BCUT2D eigenvalue weighted by Crippen LogP contribution is -2.35. The van der Waals surface area contributed by atoms with Crippen LogP contribution in [-0.4, -0.2) is 42.5 Å². The molecule has 0 radical (unpaired) electrons. The average Bonchev–Trinajstić information content (AvgIpc) is 3.38. The number of likely N-dealkylation sites (tertiary alicyclic amines) is 1. The smallest absolute Gasteiger partial charge is 0.0679 e. The molecule has 0 saturated carbocycles. The second-order valence-electron chi connectivity index (χ2n) is 8.76. The third-order valence-electron chi connectivity index (χ3n) is 5.89. The van der Waals surface area contributed by atoms with E-state index in [1.807, 2.05) is 30.3 Å². The molecule has 1 atom stereocenters. The zero-order valence-corrected chi connectivity index (χ0v) is 22.0. The molecule has 0 aliphatic carbocycles. The first-order valence-electron chi connectivity index (χ1n) is 12.6. The number of hydrogen-bond acceptors (Lipinski definition) is 5. The van der Waals surface area contributed by atoms with Crippen molar-refractivity contribution in [2.45, 2.75) is 51.7 Å². The summed E-state index contributed by atoms with van der Waals surface area (Å²) in [4.78, 5) is 4.85. The molecule has 192 valence electrons. The standard InChI is InChI=1S/C21H33N3.C7H9N.C2H5N/c1-5-14-23(4)16-13-18(2)24-15-9-12-21(24)19(3)22-17-20-10-7-6-8-11-20;8-6-7-4-2-1-3-5-7;1-2-3/h6-8,10-11,21-22H,2-3,5,9,12-17H2,1,4H3;1-5H,6,8H2;2H,1,3H2. The van der Waals surface area contributed by atoms with Crippen LogP contribution < -0.4 is 16.8 Å². The molecule has 5 N–H and O–H groups in total. The van der Waals surface area contributed by atoms with Crippen LogP contribution in [-0.2, 0) is 13.1 Å². The number of nitrogens with one attached hydrogen (secondary N) is 1. The Hall–Kier alpha value is -3.02. The van der Waals surface area contributed by atoms with Crippen LogP contribution in [0.3, 0.4) is 0 Å². The first-order chi connectivity index (χ1) is 17.0. The summed E-state index contributed by atoms with van der Waals surface area (Å²) in [6, 6.07) is 20.9. The van der Waals surface area contributed by atoms with Crippen molar-refractivity contribution in [3.63, 3.8) is 0 Å². The summed E-state index contributed by atoms with van der Waals surface area (Å²) >= 11 is 0. The van der Waals surface area contributed by atoms with Gasteiger partial charge < -0.3 is 26.6 Å². The van der Waals surface area contributed by atoms with Crippen LogP contribution in [0.15, 0.2) is 98.0 Å². The quantitative estimate of drug-likeness (QED) is 0.413. The van der Waals surface area contributed by atoms with E-state index in [1.165, 1.54) is 42.3 Å². The second kappa shape index (κ2) is 18.3. The SMILES string of the molecule is C=C(NCc1ccccc1)C1CCCN1C(=C)CCN(C)CCC.C=CN.NCc1ccccc1. The van der Waals surface area contributed by atoms with Crippen molar-refractivity contribution >= 4 is 0 Å². The van der Waals surface area contributed by atoms with Crippen molar-refractivity contribution in [1.82, 2.24) is 15.1 Å². The van der Waals surface area contributed by atoms with Crippen molar-refractivity contribution in [3.8, 4) is 0 Å². The van der Waals surface area contributed by atoms with Crippen LogP contribution in [0, 0.1) is 0 Å². The van der Waals surface area contributed by atoms with Gasteiger partial charge in [-0.15, -0.1) is 0 Å². The molecule has 1 aliphatic rings. The van der Waals surface area contributed by atoms with Gasteiger partial charge in [-0.1, -0.05) is 87.3 Å². The molecule has 3 rings (SSSR count). The van der Waals surface area contributed by atoms with Crippen LogP contribution in [0.1, 0.15) is 43.7 Å². The summed E-state index contributed by atoms with van der Waals surface area (Å²) in [5, 5.41) is 3.52. The summed E-state index contributed by atoms with van der Waals surface area (Å²) in [5.74, 6) is 0. The lowest BCUT2D eigenvalue weighted by Gasteiger charge is -2.31. The molecule has 2 aromatic carbocycles. The Morgan fingerprint density at radius 3 is 2.14 bits per heavy atom. The minimum absolute atomic E-state index is 0.387. The minimum atomic E-state index is 0.387. The normalized spacial score (nSPS) is 14.3. The molecular formula is C30H47N5. The highest BCUT2D eigenvalue weighted by Gasteiger charge is 2.27. The van der Waals surface area contributed by atoms with Gasteiger partial charge >= 0.3 is 0 Å². The summed E-state index contributed by atoms with van der Waals surface area (Å²) in [6.07, 6.45) is 5.89. The van der Waals surface area contributed by atoms with Crippen molar-refractivity contribution < 1.29 is 0 Å². The number of rotatable bonds is 11. The molecule has 1 saturated heterocycles. The third-order valence-corrected chi connectivity index (χ3v) is 5.89. The van der Waals surface area contributed by atoms with Gasteiger partial charge in [0.15, 0.2) is 0 Å². The fourth-order valence-corrected chi connectivity index (χ4v) is 4.01. The largest absolute Gasteiger partial charge is 0.405 e. The summed E-state index contributed by atoms with van der Waals surface area (Å²) in [6.45, 7) is 18.8. The molecule has 35 heavy (non-hydrogen) atoms. The highest BCUT2D eigenvalue weighted by Crippen LogP contribution is 2.26. The summed E-state index contributed by atoms with van der Waals surface area (Å²) in [5.41, 5.74) is 14.8. The van der Waals surface area contributed by atoms with Gasteiger partial charge in [-0.25, -0.2) is 0 Å². The van der Waals surface area contributed by atoms with Crippen molar-refractivity contribution in [1.29, 1.82) is 0 Å². The van der Waals surface area contributed by atoms with Gasteiger partial charge in [-0.2, -0.15) is 0 Å². The molecule has 1 aliphatic heterocycles. The molecule has 1 heterocycles. The Morgan fingerprint density at radius 1 is 1.06 bits per heavy atom. The zero-order chi connectivity index (χ0) is 25.9. The fraction of sp³-hybridized carbons (Fsp3) is 0.400. The molecule has 0 aromatic heterocycles. The summed E-state index contributed by atoms with van der Waals surface area (Å²) in [7, 11) is 2.19. The highest BCUT2D eigenvalue weighted by atomic mass is 15.2. The van der Waals surface area contributed by atoms with E-state index in [9.17, 15) is 0 Å². The van der Waals surface area contributed by atoms with Crippen LogP contribution >= 0.6 is 0 Å². The molecule has 2 aromatic rings. The van der Waals surface area contributed by atoms with E-state index in [0.29, 0.717) is 12.6 Å². The Kier molecular flexibility index (Phi) is 15.7. The predicted octanol–water partition coefficient (Wildman–Crippen LogP) is 5.23. The van der Waals surface area contributed by atoms with Crippen molar-refractivity contribution in [3.05, 3.63) is 109 Å². The van der Waals surface area contributed by atoms with Crippen molar-refractivity contribution in [2.24, 2.45) is 11.5 Å². The maximum Gasteiger partial charge on any atom is 0.0679 e. The molecule has 0 bridgehead atoms. The predicted molar refractivity (Wildman–Crippen MR) is 152 cm³/mol. The van der Waals surface area contributed by atoms with Crippen LogP contribution in [0.5, 0.6) is 0 Å². The molecule has 1 fully saturated rings. The minimum Gasteiger partial charge on any atom is -0.405 e. The van der Waals surface area contributed by atoms with E-state index in [-0.39, 0.29) is 0 Å².